The monoisotopic (exact) mass is 207 g/mol. The molecule has 2 heterocycles. The van der Waals surface area contributed by atoms with Crippen molar-refractivity contribution in [2.75, 3.05) is 19.3 Å². The van der Waals surface area contributed by atoms with E-state index in [9.17, 15) is 5.11 Å². The number of likely N-dealkylation sites (tertiary alicyclic amines) is 1. The average Bonchev–Trinajstić information content (AvgIpc) is 2.42. The van der Waals surface area contributed by atoms with Gasteiger partial charge in [0.2, 0.25) is 0 Å². The van der Waals surface area contributed by atoms with Crippen molar-refractivity contribution in [1.29, 1.82) is 0 Å². The van der Waals surface area contributed by atoms with Crippen LogP contribution < -0.4 is 5.73 Å². The van der Waals surface area contributed by atoms with Gasteiger partial charge in [-0.05, 0) is 26.5 Å². The minimum atomic E-state index is -0.841. The summed E-state index contributed by atoms with van der Waals surface area (Å²) in [4.78, 5) is 6.15. The first kappa shape index (κ1) is 10.4. The molecular formula is C11H17N3O. The number of rotatable bonds is 1. The van der Waals surface area contributed by atoms with Crippen LogP contribution in [0.15, 0.2) is 18.3 Å². The van der Waals surface area contributed by atoms with Crippen LogP contribution in [-0.2, 0) is 5.60 Å². The highest BCUT2D eigenvalue weighted by Gasteiger charge is 2.41. The summed E-state index contributed by atoms with van der Waals surface area (Å²) in [6.45, 7) is 2.72. The second-order valence-corrected chi connectivity index (χ2v) is 4.44. The molecule has 2 atom stereocenters. The Morgan fingerprint density at radius 3 is 2.93 bits per heavy atom. The molecule has 1 saturated heterocycles. The number of β-amino-alcohol motifs (C(OH)–C–C–N with tert-alkyl or cyclic N) is 1. The summed E-state index contributed by atoms with van der Waals surface area (Å²) >= 11 is 0. The number of nitrogens with two attached hydrogens (primary N) is 1. The van der Waals surface area contributed by atoms with E-state index in [0.717, 1.165) is 5.56 Å². The van der Waals surface area contributed by atoms with Gasteiger partial charge in [0.05, 0.1) is 0 Å². The Hall–Kier alpha value is -1.13. The molecule has 2 unspecified atom stereocenters. The number of pyridine rings is 1. The molecule has 0 aromatic carbocycles. The highest BCUT2D eigenvalue weighted by atomic mass is 16.3. The van der Waals surface area contributed by atoms with Crippen LogP contribution in [0.25, 0.3) is 0 Å². The van der Waals surface area contributed by atoms with Crippen LogP contribution in [0.1, 0.15) is 18.9 Å². The minimum Gasteiger partial charge on any atom is -0.384 e. The quantitative estimate of drug-likeness (QED) is 0.707. The zero-order valence-electron chi connectivity index (χ0n) is 9.14. The molecule has 0 saturated carbocycles. The molecule has 0 radical (unpaired) electrons. The van der Waals surface area contributed by atoms with Crippen molar-refractivity contribution in [2.45, 2.75) is 25.0 Å². The number of aliphatic hydroxyl groups is 1. The summed E-state index contributed by atoms with van der Waals surface area (Å²) < 4.78 is 0. The van der Waals surface area contributed by atoms with Gasteiger partial charge < -0.3 is 15.7 Å². The Bertz CT molecular complexity index is 357. The van der Waals surface area contributed by atoms with E-state index in [4.69, 9.17) is 5.73 Å². The number of nitrogen functional groups attached to an aromatic ring is 1. The summed E-state index contributed by atoms with van der Waals surface area (Å²) in [5.74, 6) is 0.433. The lowest BCUT2D eigenvalue weighted by molar-refractivity contribution is 0.0491. The molecule has 0 aliphatic carbocycles. The normalized spacial score (nSPS) is 32.1. The SMILES string of the molecule is CC1CC(O)(c2cccnc2N)CN1C. The largest absolute Gasteiger partial charge is 0.384 e. The zero-order valence-corrected chi connectivity index (χ0v) is 9.14. The maximum atomic E-state index is 10.5. The van der Waals surface area contributed by atoms with Crippen molar-refractivity contribution in [2.24, 2.45) is 0 Å². The van der Waals surface area contributed by atoms with Crippen LogP contribution in [0.2, 0.25) is 0 Å². The predicted octanol–water partition coefficient (Wildman–Crippen LogP) is 0.575. The van der Waals surface area contributed by atoms with Crippen molar-refractivity contribution in [1.82, 2.24) is 9.88 Å². The first-order valence-electron chi connectivity index (χ1n) is 5.16. The summed E-state index contributed by atoms with van der Waals surface area (Å²) in [6, 6.07) is 4.04. The second kappa shape index (κ2) is 3.47. The van der Waals surface area contributed by atoms with Gasteiger partial charge in [-0.2, -0.15) is 0 Å². The smallest absolute Gasteiger partial charge is 0.129 e. The molecule has 2 rings (SSSR count). The summed E-state index contributed by atoms with van der Waals surface area (Å²) in [5.41, 5.74) is 5.70. The molecule has 0 amide bonds. The first-order valence-corrected chi connectivity index (χ1v) is 5.16. The van der Waals surface area contributed by atoms with Gasteiger partial charge in [-0.3, -0.25) is 0 Å². The Kier molecular flexibility index (Phi) is 2.40. The van der Waals surface area contributed by atoms with E-state index in [-0.39, 0.29) is 0 Å². The van der Waals surface area contributed by atoms with Gasteiger partial charge in [-0.1, -0.05) is 6.07 Å². The van der Waals surface area contributed by atoms with Crippen molar-refractivity contribution in [3.05, 3.63) is 23.9 Å². The maximum Gasteiger partial charge on any atom is 0.129 e. The summed E-state index contributed by atoms with van der Waals surface area (Å²) in [7, 11) is 2.01. The fraction of sp³-hybridized carbons (Fsp3) is 0.545. The molecule has 1 aromatic rings. The Balaban J connectivity index is 2.35. The van der Waals surface area contributed by atoms with Crippen LogP contribution in [0, 0.1) is 0 Å². The Labute approximate surface area is 89.7 Å². The van der Waals surface area contributed by atoms with Crippen molar-refractivity contribution in [3.63, 3.8) is 0 Å². The second-order valence-electron chi connectivity index (χ2n) is 4.44. The zero-order chi connectivity index (χ0) is 11.1. The van der Waals surface area contributed by atoms with Crippen LogP contribution >= 0.6 is 0 Å². The van der Waals surface area contributed by atoms with E-state index < -0.39 is 5.60 Å². The van der Waals surface area contributed by atoms with Crippen LogP contribution in [0.5, 0.6) is 0 Å². The molecule has 1 aromatic heterocycles. The number of aromatic nitrogens is 1. The standard InChI is InChI=1S/C11H17N3O/c1-8-6-11(15,7-14(8)2)9-4-3-5-13-10(9)12/h3-5,8,15H,6-7H2,1-2H3,(H2,12,13). The highest BCUT2D eigenvalue weighted by Crippen LogP contribution is 2.36. The van der Waals surface area contributed by atoms with E-state index >= 15 is 0 Å². The third-order valence-electron chi connectivity index (χ3n) is 3.24. The van der Waals surface area contributed by atoms with Gasteiger partial charge in [-0.25, -0.2) is 4.98 Å². The van der Waals surface area contributed by atoms with Crippen LogP contribution in [0.4, 0.5) is 5.82 Å². The third-order valence-corrected chi connectivity index (χ3v) is 3.24. The number of nitrogens with zero attached hydrogens (tertiary/aromatic N) is 2. The van der Waals surface area contributed by atoms with E-state index in [2.05, 4.69) is 16.8 Å². The molecule has 1 fully saturated rings. The molecule has 4 nitrogen and oxygen atoms in total. The fourth-order valence-electron chi connectivity index (χ4n) is 2.28. The van der Waals surface area contributed by atoms with Gasteiger partial charge in [-0.15, -0.1) is 0 Å². The fourth-order valence-corrected chi connectivity index (χ4v) is 2.28. The van der Waals surface area contributed by atoms with E-state index in [1.54, 1.807) is 6.20 Å². The van der Waals surface area contributed by atoms with Gasteiger partial charge in [0, 0.05) is 24.3 Å². The predicted molar refractivity (Wildman–Crippen MR) is 59.3 cm³/mol. The molecule has 1 aliphatic rings. The molecular weight excluding hydrogens is 190 g/mol. The molecule has 3 N–H and O–H groups in total. The highest BCUT2D eigenvalue weighted by molar-refractivity contribution is 5.43. The third kappa shape index (κ3) is 1.70. The average molecular weight is 207 g/mol. The van der Waals surface area contributed by atoms with Gasteiger partial charge >= 0.3 is 0 Å². The van der Waals surface area contributed by atoms with E-state index in [1.165, 1.54) is 0 Å². The topological polar surface area (TPSA) is 62.4 Å². The lowest BCUT2D eigenvalue weighted by atomic mass is 9.92. The minimum absolute atomic E-state index is 0.370. The number of likely N-dealkylation sites (N-methyl/N-ethyl adjacent to an activating group) is 1. The number of hydrogen-bond donors (Lipinski definition) is 2. The summed E-state index contributed by atoms with van der Waals surface area (Å²) in [5, 5.41) is 10.5. The van der Waals surface area contributed by atoms with Crippen LogP contribution in [0.3, 0.4) is 0 Å². The first-order chi connectivity index (χ1) is 7.03. The van der Waals surface area contributed by atoms with Gasteiger partial charge in [0.15, 0.2) is 0 Å². The van der Waals surface area contributed by atoms with Gasteiger partial charge in [0.1, 0.15) is 11.4 Å². The Morgan fingerprint density at radius 1 is 1.67 bits per heavy atom. The number of hydrogen-bond acceptors (Lipinski definition) is 4. The number of anilines is 1. The molecule has 0 spiro atoms. The van der Waals surface area contributed by atoms with Crippen LogP contribution in [-0.4, -0.2) is 34.6 Å². The van der Waals surface area contributed by atoms with Crippen molar-refractivity contribution >= 4 is 5.82 Å². The van der Waals surface area contributed by atoms with Gasteiger partial charge in [0.25, 0.3) is 0 Å². The summed E-state index contributed by atoms with van der Waals surface area (Å²) in [6.07, 6.45) is 2.35. The van der Waals surface area contributed by atoms with E-state index in [0.29, 0.717) is 24.8 Å². The lowest BCUT2D eigenvalue weighted by Gasteiger charge is -2.23. The molecule has 82 valence electrons. The Morgan fingerprint density at radius 2 is 2.40 bits per heavy atom. The molecule has 4 heteroatoms. The van der Waals surface area contributed by atoms with Crippen molar-refractivity contribution < 1.29 is 5.11 Å². The maximum absolute atomic E-state index is 10.5. The van der Waals surface area contributed by atoms with Crippen molar-refractivity contribution in [3.8, 4) is 0 Å². The molecule has 1 aliphatic heterocycles. The molecule has 15 heavy (non-hydrogen) atoms. The lowest BCUT2D eigenvalue weighted by Crippen LogP contribution is -2.30. The van der Waals surface area contributed by atoms with E-state index in [1.807, 2.05) is 19.2 Å². The molecule has 0 bridgehead atoms.